The van der Waals surface area contributed by atoms with E-state index in [-0.39, 0.29) is 0 Å². The molecular formula is C21H21NO2. The number of benzene rings is 3. The molecule has 3 aromatic rings. The first-order valence-corrected chi connectivity index (χ1v) is 7.78. The van der Waals surface area contributed by atoms with E-state index in [4.69, 9.17) is 10.8 Å². The van der Waals surface area contributed by atoms with Gasteiger partial charge in [0.15, 0.2) is 0 Å². The molecule has 3 aromatic carbocycles. The molecule has 3 nitrogen and oxygen atoms in total. The van der Waals surface area contributed by atoms with Gasteiger partial charge in [-0.2, -0.15) is 0 Å². The minimum absolute atomic E-state index is 0.731. The second-order valence-corrected chi connectivity index (χ2v) is 5.40. The molecule has 1 atom stereocenters. The van der Waals surface area contributed by atoms with Gasteiger partial charge in [0, 0.05) is 0 Å². The van der Waals surface area contributed by atoms with Gasteiger partial charge in [0.2, 0.25) is 0 Å². The predicted octanol–water partition coefficient (Wildman–Crippen LogP) is 4.44. The molecule has 0 bridgehead atoms. The van der Waals surface area contributed by atoms with E-state index in [1.54, 1.807) is 0 Å². The van der Waals surface area contributed by atoms with Crippen molar-refractivity contribution >= 4 is 5.97 Å². The van der Waals surface area contributed by atoms with E-state index in [1.807, 2.05) is 0 Å². The monoisotopic (exact) mass is 319 g/mol. The highest BCUT2D eigenvalue weighted by molar-refractivity contribution is 5.83. The van der Waals surface area contributed by atoms with E-state index in [0.717, 1.165) is 0 Å². The maximum Gasteiger partial charge on any atom is 0.320 e. The van der Waals surface area contributed by atoms with Crippen LogP contribution in [-0.4, -0.2) is 17.1 Å². The van der Waals surface area contributed by atoms with Crippen molar-refractivity contribution in [1.29, 1.82) is 0 Å². The predicted molar refractivity (Wildman–Crippen MR) is 98.6 cm³/mol. The van der Waals surface area contributed by atoms with Crippen LogP contribution in [-0.2, 0) is 4.79 Å². The van der Waals surface area contributed by atoms with E-state index in [1.165, 1.54) is 29.2 Å². The first-order chi connectivity index (χ1) is 11.6. The summed E-state index contributed by atoms with van der Waals surface area (Å²) < 4.78 is 0. The molecule has 0 aliphatic carbocycles. The molecule has 0 heterocycles. The Bertz CT molecular complexity index is 710. The van der Waals surface area contributed by atoms with Crippen LogP contribution in [0.2, 0.25) is 0 Å². The molecule has 122 valence electrons. The summed E-state index contributed by atoms with van der Waals surface area (Å²) in [5.74, 6) is -0.963. The van der Waals surface area contributed by atoms with Crippen LogP contribution >= 0.6 is 0 Å². The summed E-state index contributed by atoms with van der Waals surface area (Å²) in [4.78, 5) is 9.57. The molecule has 0 spiro atoms. The van der Waals surface area contributed by atoms with Gasteiger partial charge in [0.25, 0.3) is 0 Å². The van der Waals surface area contributed by atoms with Crippen LogP contribution in [0, 0.1) is 0 Å². The Morgan fingerprint density at radius 3 is 1.33 bits per heavy atom. The van der Waals surface area contributed by atoms with Crippen molar-refractivity contribution in [3.05, 3.63) is 84.9 Å². The van der Waals surface area contributed by atoms with Crippen molar-refractivity contribution in [3.63, 3.8) is 0 Å². The molecule has 0 amide bonds. The lowest BCUT2D eigenvalue weighted by molar-refractivity contribution is -0.138. The van der Waals surface area contributed by atoms with Gasteiger partial charge in [-0.25, -0.2) is 0 Å². The molecule has 0 fully saturated rings. The van der Waals surface area contributed by atoms with Crippen LogP contribution in [0.15, 0.2) is 84.9 Å². The van der Waals surface area contributed by atoms with Crippen LogP contribution in [0.1, 0.15) is 6.92 Å². The smallest absolute Gasteiger partial charge is 0.320 e. The lowest BCUT2D eigenvalue weighted by Crippen LogP contribution is -2.25. The third kappa shape index (κ3) is 4.80. The molecule has 1 unspecified atom stereocenters. The first kappa shape index (κ1) is 17.4. The van der Waals surface area contributed by atoms with E-state index >= 15 is 0 Å². The van der Waals surface area contributed by atoms with Gasteiger partial charge in [-0.05, 0) is 29.2 Å². The summed E-state index contributed by atoms with van der Waals surface area (Å²) >= 11 is 0. The standard InChI is InChI=1S/C18H14.C3H7NO2/c1-3-9-15(10-4-1)17-13-7-8-14-18(17)16-11-5-2-6-12-16;1-2(4)3(5)6/h1-14H;2H,4H2,1H3,(H,5,6). The Balaban J connectivity index is 0.000000301. The first-order valence-electron chi connectivity index (χ1n) is 7.78. The average Bonchev–Trinajstić information content (AvgIpc) is 2.63. The fraction of sp³-hybridized carbons (Fsp3) is 0.0952. The minimum atomic E-state index is -0.963. The summed E-state index contributed by atoms with van der Waals surface area (Å²) in [6.07, 6.45) is 0. The number of aliphatic carboxylic acids is 1. The molecule has 0 aliphatic heterocycles. The Morgan fingerprint density at radius 1 is 0.750 bits per heavy atom. The Kier molecular flexibility index (Phi) is 6.29. The zero-order chi connectivity index (χ0) is 17.4. The normalized spacial score (nSPS) is 11.1. The van der Waals surface area contributed by atoms with Crippen molar-refractivity contribution in [3.8, 4) is 22.3 Å². The minimum Gasteiger partial charge on any atom is -0.480 e. The summed E-state index contributed by atoms with van der Waals surface area (Å²) in [6, 6.07) is 28.8. The van der Waals surface area contributed by atoms with Gasteiger partial charge in [-0.15, -0.1) is 0 Å². The molecule has 0 radical (unpaired) electrons. The third-order valence-electron chi connectivity index (χ3n) is 3.49. The molecule has 3 rings (SSSR count). The van der Waals surface area contributed by atoms with E-state index < -0.39 is 12.0 Å². The quantitative estimate of drug-likeness (QED) is 0.750. The third-order valence-corrected chi connectivity index (χ3v) is 3.49. The molecule has 0 aromatic heterocycles. The van der Waals surface area contributed by atoms with Gasteiger partial charge in [-0.3, -0.25) is 4.79 Å². The Hall–Kier alpha value is -2.91. The van der Waals surface area contributed by atoms with E-state index in [0.29, 0.717) is 0 Å². The second-order valence-electron chi connectivity index (χ2n) is 5.40. The zero-order valence-electron chi connectivity index (χ0n) is 13.6. The van der Waals surface area contributed by atoms with Gasteiger partial charge in [0.05, 0.1) is 0 Å². The second kappa shape index (κ2) is 8.65. The number of carboxylic acids is 1. The highest BCUT2D eigenvalue weighted by Gasteiger charge is 2.05. The van der Waals surface area contributed by atoms with Gasteiger partial charge < -0.3 is 10.8 Å². The number of rotatable bonds is 3. The van der Waals surface area contributed by atoms with E-state index in [2.05, 4.69) is 84.9 Å². The summed E-state index contributed by atoms with van der Waals surface area (Å²) in [5, 5.41) is 7.87. The van der Waals surface area contributed by atoms with Gasteiger partial charge in [0.1, 0.15) is 6.04 Å². The van der Waals surface area contributed by atoms with Crippen LogP contribution in [0.3, 0.4) is 0 Å². The Morgan fingerprint density at radius 2 is 1.04 bits per heavy atom. The van der Waals surface area contributed by atoms with Crippen LogP contribution in [0.5, 0.6) is 0 Å². The largest absolute Gasteiger partial charge is 0.480 e. The molecule has 3 heteroatoms. The van der Waals surface area contributed by atoms with Gasteiger partial charge >= 0.3 is 5.97 Å². The topological polar surface area (TPSA) is 63.3 Å². The van der Waals surface area contributed by atoms with Crippen molar-refractivity contribution in [2.45, 2.75) is 13.0 Å². The molecule has 0 aliphatic rings. The van der Waals surface area contributed by atoms with Crippen LogP contribution < -0.4 is 5.73 Å². The zero-order valence-corrected chi connectivity index (χ0v) is 13.6. The fourth-order valence-corrected chi connectivity index (χ4v) is 2.22. The SMILES string of the molecule is CC(N)C(=O)O.c1ccc(-c2ccccc2-c2ccccc2)cc1. The van der Waals surface area contributed by atoms with E-state index in [9.17, 15) is 4.79 Å². The maximum absolute atomic E-state index is 9.57. The number of carboxylic acid groups (broad SMARTS) is 1. The number of hydrogen-bond acceptors (Lipinski definition) is 2. The number of hydrogen-bond donors (Lipinski definition) is 2. The number of nitrogens with two attached hydrogens (primary N) is 1. The molecule has 24 heavy (non-hydrogen) atoms. The maximum atomic E-state index is 9.57. The molecule has 0 saturated heterocycles. The Labute approximate surface area is 142 Å². The average molecular weight is 319 g/mol. The lowest BCUT2D eigenvalue weighted by atomic mass is 9.95. The van der Waals surface area contributed by atoms with Crippen molar-refractivity contribution in [2.75, 3.05) is 0 Å². The summed E-state index contributed by atoms with van der Waals surface area (Å²) in [5.41, 5.74) is 9.92. The van der Waals surface area contributed by atoms with Crippen LogP contribution in [0.25, 0.3) is 22.3 Å². The van der Waals surface area contributed by atoms with Crippen molar-refractivity contribution in [1.82, 2.24) is 0 Å². The van der Waals surface area contributed by atoms with Crippen molar-refractivity contribution in [2.24, 2.45) is 5.73 Å². The summed E-state index contributed by atoms with van der Waals surface area (Å²) in [7, 11) is 0. The summed E-state index contributed by atoms with van der Waals surface area (Å²) in [6.45, 7) is 1.42. The van der Waals surface area contributed by atoms with Gasteiger partial charge in [-0.1, -0.05) is 84.9 Å². The molecule has 3 N–H and O–H groups in total. The fourth-order valence-electron chi connectivity index (χ4n) is 2.22. The highest BCUT2D eigenvalue weighted by Crippen LogP contribution is 2.31. The van der Waals surface area contributed by atoms with Crippen LogP contribution in [0.4, 0.5) is 0 Å². The lowest BCUT2D eigenvalue weighted by Gasteiger charge is -2.09. The number of carbonyl (C=O) groups is 1. The molecular weight excluding hydrogens is 298 g/mol. The van der Waals surface area contributed by atoms with Crippen molar-refractivity contribution < 1.29 is 9.90 Å². The highest BCUT2D eigenvalue weighted by atomic mass is 16.4. The molecule has 0 saturated carbocycles.